The van der Waals surface area contributed by atoms with Gasteiger partial charge in [0.2, 0.25) is 0 Å². The molecule has 0 radical (unpaired) electrons. The standard InChI is InChI=1S/C42H48N4/c1-5-9-18-29(8-4)41-42(39(43)40(44-45-41)32-21-14-11-15-22-32)46-37-25-23-33(30(16-6-2)17-7-3)27-35(37)36-28-34(24-26-38(36)46)31-19-12-10-13-20-31/h5,8-9,11,14-15,18,21-28,30-31H,4,6-7,10,12-13,16-17,19-20H2,1-3H3,(H2,43,45)/b9-5-,29-18+. The molecule has 6 rings (SSSR count). The summed E-state index contributed by atoms with van der Waals surface area (Å²) in [4.78, 5) is 0. The molecule has 0 aliphatic heterocycles. The van der Waals surface area contributed by atoms with Crippen molar-refractivity contribution in [2.45, 2.75) is 90.4 Å². The monoisotopic (exact) mass is 608 g/mol. The van der Waals surface area contributed by atoms with Crippen LogP contribution < -0.4 is 5.73 Å². The Morgan fingerprint density at radius 2 is 1.61 bits per heavy atom. The number of nitrogens with zero attached hydrogens (tertiary/aromatic N) is 3. The lowest BCUT2D eigenvalue weighted by Gasteiger charge is -2.22. The molecule has 0 amide bonds. The van der Waals surface area contributed by atoms with Crippen LogP contribution in [0.4, 0.5) is 5.69 Å². The van der Waals surface area contributed by atoms with Crippen molar-refractivity contribution in [1.29, 1.82) is 0 Å². The molecule has 1 saturated carbocycles. The van der Waals surface area contributed by atoms with Gasteiger partial charge in [0.15, 0.2) is 0 Å². The summed E-state index contributed by atoms with van der Waals surface area (Å²) in [5.41, 5.74) is 17.1. The Morgan fingerprint density at radius 1 is 0.913 bits per heavy atom. The lowest BCUT2D eigenvalue weighted by Crippen LogP contribution is -2.10. The minimum absolute atomic E-state index is 0.559. The van der Waals surface area contributed by atoms with Crippen molar-refractivity contribution in [2.75, 3.05) is 5.73 Å². The third-order valence-electron chi connectivity index (χ3n) is 9.85. The normalized spacial score (nSPS) is 14.7. The smallest absolute Gasteiger partial charge is 0.119 e. The maximum absolute atomic E-state index is 7.21. The molecule has 4 nitrogen and oxygen atoms in total. The molecule has 0 unspecified atom stereocenters. The average molecular weight is 609 g/mol. The van der Waals surface area contributed by atoms with E-state index in [1.165, 1.54) is 79.7 Å². The summed E-state index contributed by atoms with van der Waals surface area (Å²) in [5, 5.41) is 12.1. The third kappa shape index (κ3) is 6.06. The van der Waals surface area contributed by atoms with E-state index < -0.39 is 0 Å². The summed E-state index contributed by atoms with van der Waals surface area (Å²) in [6.07, 6.45) is 19.2. The molecule has 2 aromatic heterocycles. The van der Waals surface area contributed by atoms with Crippen molar-refractivity contribution >= 4 is 33.1 Å². The Labute approximate surface area is 274 Å². The summed E-state index contributed by atoms with van der Waals surface area (Å²) >= 11 is 0. The Hall–Kier alpha value is -4.44. The summed E-state index contributed by atoms with van der Waals surface area (Å²) < 4.78 is 2.34. The molecule has 0 spiro atoms. The molecule has 1 aliphatic carbocycles. The van der Waals surface area contributed by atoms with Gasteiger partial charge in [0.25, 0.3) is 0 Å². The first-order valence-corrected chi connectivity index (χ1v) is 17.3. The van der Waals surface area contributed by atoms with Crippen molar-refractivity contribution in [3.63, 3.8) is 0 Å². The number of aromatic nitrogens is 3. The van der Waals surface area contributed by atoms with Crippen LogP contribution in [0.5, 0.6) is 0 Å². The minimum atomic E-state index is 0.559. The van der Waals surface area contributed by atoms with Crippen molar-refractivity contribution in [2.24, 2.45) is 0 Å². The predicted octanol–water partition coefficient (Wildman–Crippen LogP) is 11.7. The number of hydrogen-bond acceptors (Lipinski definition) is 3. The van der Waals surface area contributed by atoms with Gasteiger partial charge in [0, 0.05) is 21.9 Å². The lowest BCUT2D eigenvalue weighted by atomic mass is 9.83. The molecule has 1 fully saturated rings. The summed E-state index contributed by atoms with van der Waals surface area (Å²) in [5.74, 6) is 1.18. The number of nitrogen functional groups attached to an aromatic ring is 1. The maximum atomic E-state index is 7.21. The number of anilines is 1. The Balaban J connectivity index is 1.69. The first-order valence-electron chi connectivity index (χ1n) is 17.3. The highest BCUT2D eigenvalue weighted by Crippen LogP contribution is 2.43. The topological polar surface area (TPSA) is 56.7 Å². The molecule has 2 heterocycles. The number of nitrogens with two attached hydrogens (primary N) is 1. The molecular weight excluding hydrogens is 560 g/mol. The van der Waals surface area contributed by atoms with Gasteiger partial charge in [-0.05, 0) is 79.8 Å². The fourth-order valence-corrected chi connectivity index (χ4v) is 7.53. The number of benzene rings is 3. The van der Waals surface area contributed by atoms with E-state index in [1.54, 1.807) is 0 Å². The molecule has 0 bridgehead atoms. The van der Waals surface area contributed by atoms with Crippen molar-refractivity contribution in [3.05, 3.63) is 114 Å². The van der Waals surface area contributed by atoms with Crippen LogP contribution in [0.3, 0.4) is 0 Å². The number of rotatable bonds is 11. The summed E-state index contributed by atoms with van der Waals surface area (Å²) in [6, 6.07) is 24.4. The van der Waals surface area contributed by atoms with E-state index >= 15 is 0 Å². The zero-order chi connectivity index (χ0) is 32.0. The molecule has 1 aliphatic rings. The maximum Gasteiger partial charge on any atom is 0.119 e. The Kier molecular flexibility index (Phi) is 9.82. The van der Waals surface area contributed by atoms with Crippen molar-refractivity contribution in [3.8, 4) is 16.9 Å². The highest BCUT2D eigenvalue weighted by atomic mass is 15.1. The largest absolute Gasteiger partial charge is 0.395 e. The first kappa shape index (κ1) is 31.5. The molecule has 46 heavy (non-hydrogen) atoms. The summed E-state index contributed by atoms with van der Waals surface area (Å²) in [6.45, 7) is 10.8. The fraction of sp³-hybridized carbons (Fsp3) is 0.333. The van der Waals surface area contributed by atoms with E-state index in [0.29, 0.717) is 23.2 Å². The molecule has 3 aromatic carbocycles. The Bertz CT molecular complexity index is 1880. The van der Waals surface area contributed by atoms with Gasteiger partial charge in [-0.25, -0.2) is 0 Å². The van der Waals surface area contributed by atoms with Crippen LogP contribution in [0.15, 0.2) is 97.6 Å². The van der Waals surface area contributed by atoms with Crippen LogP contribution in [0.1, 0.15) is 107 Å². The van der Waals surface area contributed by atoms with Gasteiger partial charge in [0.05, 0.1) is 16.7 Å². The molecule has 0 saturated heterocycles. The van der Waals surface area contributed by atoms with E-state index in [4.69, 9.17) is 15.9 Å². The van der Waals surface area contributed by atoms with Crippen LogP contribution in [0.25, 0.3) is 44.3 Å². The Morgan fingerprint density at radius 3 is 2.28 bits per heavy atom. The van der Waals surface area contributed by atoms with Crippen LogP contribution in [0, 0.1) is 0 Å². The van der Waals surface area contributed by atoms with Gasteiger partial charge in [-0.15, -0.1) is 10.2 Å². The highest BCUT2D eigenvalue weighted by Gasteiger charge is 2.25. The highest BCUT2D eigenvalue weighted by molar-refractivity contribution is 6.11. The quantitative estimate of drug-likeness (QED) is 0.152. The minimum Gasteiger partial charge on any atom is -0.395 e. The van der Waals surface area contributed by atoms with Gasteiger partial charge in [-0.2, -0.15) is 0 Å². The van der Waals surface area contributed by atoms with Crippen LogP contribution in [-0.4, -0.2) is 14.8 Å². The zero-order valence-electron chi connectivity index (χ0n) is 27.8. The molecule has 4 heteroatoms. The average Bonchev–Trinajstić information content (AvgIpc) is 3.42. The van der Waals surface area contributed by atoms with Gasteiger partial charge >= 0.3 is 0 Å². The second kappa shape index (κ2) is 14.3. The van der Waals surface area contributed by atoms with Crippen LogP contribution in [-0.2, 0) is 0 Å². The number of fused-ring (bicyclic) bond motifs is 3. The van der Waals surface area contributed by atoms with Gasteiger partial charge in [-0.1, -0.05) is 119 Å². The first-order chi connectivity index (χ1) is 22.6. The van der Waals surface area contributed by atoms with Crippen LogP contribution >= 0.6 is 0 Å². The number of hydrogen-bond donors (Lipinski definition) is 1. The van der Waals surface area contributed by atoms with E-state index in [0.717, 1.165) is 33.6 Å². The second-order valence-electron chi connectivity index (χ2n) is 12.9. The fourth-order valence-electron chi connectivity index (χ4n) is 7.53. The molecule has 2 N–H and O–H groups in total. The third-order valence-corrected chi connectivity index (χ3v) is 9.85. The van der Waals surface area contributed by atoms with E-state index in [2.05, 4.69) is 61.4 Å². The molecular formula is C42H48N4. The second-order valence-corrected chi connectivity index (χ2v) is 12.9. The van der Waals surface area contributed by atoms with Gasteiger partial charge < -0.3 is 10.3 Å². The predicted molar refractivity (Wildman–Crippen MR) is 198 cm³/mol. The van der Waals surface area contributed by atoms with Crippen LogP contribution in [0.2, 0.25) is 0 Å². The SMILES string of the molecule is C=C/C(=C\C=C/C)c1nnc(-c2ccccc2)c(N)c1-n1c2ccc(C(CCC)CCC)cc2c2cc(C3CCCCC3)ccc21. The zero-order valence-corrected chi connectivity index (χ0v) is 27.8. The van der Waals surface area contributed by atoms with E-state index in [-0.39, 0.29) is 0 Å². The number of allylic oxidation sites excluding steroid dienone is 5. The molecule has 0 atom stereocenters. The van der Waals surface area contributed by atoms with Crippen molar-refractivity contribution in [1.82, 2.24) is 14.8 Å². The van der Waals surface area contributed by atoms with Crippen molar-refractivity contribution < 1.29 is 0 Å². The molecule has 236 valence electrons. The van der Waals surface area contributed by atoms with Gasteiger partial charge in [-0.3, -0.25) is 0 Å². The van der Waals surface area contributed by atoms with E-state index in [9.17, 15) is 0 Å². The van der Waals surface area contributed by atoms with Gasteiger partial charge in [0.1, 0.15) is 17.1 Å². The van der Waals surface area contributed by atoms with E-state index in [1.807, 2.05) is 61.6 Å². The lowest BCUT2D eigenvalue weighted by molar-refractivity contribution is 0.444. The molecule has 5 aromatic rings. The summed E-state index contributed by atoms with van der Waals surface area (Å²) in [7, 11) is 0.